The first kappa shape index (κ1) is 19.1. The average molecular weight is 410 g/mol. The zero-order valence-corrected chi connectivity index (χ0v) is 17.1. The molecule has 3 N–H and O–H groups in total. The van der Waals surface area contributed by atoms with Crippen molar-refractivity contribution in [1.82, 2.24) is 15.3 Å². The summed E-state index contributed by atoms with van der Waals surface area (Å²) in [5.41, 5.74) is 4.37. The Morgan fingerprint density at radius 2 is 1.87 bits per heavy atom. The number of nitrogens with zero attached hydrogens (tertiary/aromatic N) is 1. The maximum atomic E-state index is 12.9. The van der Waals surface area contributed by atoms with E-state index in [0.29, 0.717) is 22.7 Å². The number of hydrogen-bond donors (Lipinski definition) is 3. The third-order valence-electron chi connectivity index (χ3n) is 5.74. The third kappa shape index (κ3) is 3.92. The number of aromatic nitrogens is 2. The van der Waals surface area contributed by atoms with Gasteiger partial charge in [0, 0.05) is 34.7 Å². The van der Waals surface area contributed by atoms with Crippen LogP contribution in [0.4, 0.5) is 5.69 Å². The second-order valence-corrected chi connectivity index (χ2v) is 7.96. The second-order valence-electron chi connectivity index (χ2n) is 7.96. The molecule has 6 nitrogen and oxygen atoms in total. The second kappa shape index (κ2) is 7.72. The van der Waals surface area contributed by atoms with Crippen LogP contribution in [-0.2, 0) is 0 Å². The van der Waals surface area contributed by atoms with E-state index < -0.39 is 0 Å². The highest BCUT2D eigenvalue weighted by molar-refractivity contribution is 6.07. The molecule has 2 amide bonds. The van der Waals surface area contributed by atoms with Gasteiger partial charge in [-0.25, -0.2) is 4.98 Å². The van der Waals surface area contributed by atoms with Gasteiger partial charge in [0.2, 0.25) is 0 Å². The minimum absolute atomic E-state index is 0.132. The molecule has 0 saturated heterocycles. The van der Waals surface area contributed by atoms with Crippen molar-refractivity contribution in [3.05, 3.63) is 95.3 Å². The predicted octanol–water partition coefficient (Wildman–Crippen LogP) is 4.41. The summed E-state index contributed by atoms with van der Waals surface area (Å²) < 4.78 is 0. The molecule has 31 heavy (non-hydrogen) atoms. The highest BCUT2D eigenvalue weighted by Crippen LogP contribution is 2.40. The molecule has 1 saturated carbocycles. The Kier molecular flexibility index (Phi) is 4.75. The number of aryl methyl sites for hydroxylation is 1. The van der Waals surface area contributed by atoms with Crippen LogP contribution in [0.5, 0.6) is 0 Å². The van der Waals surface area contributed by atoms with Crippen LogP contribution >= 0.6 is 0 Å². The molecule has 0 bridgehead atoms. The number of nitrogens with one attached hydrogen (secondary N) is 3. The van der Waals surface area contributed by atoms with Gasteiger partial charge in [0.25, 0.3) is 11.8 Å². The summed E-state index contributed by atoms with van der Waals surface area (Å²) >= 11 is 0. The maximum Gasteiger partial charge on any atom is 0.255 e. The number of amides is 2. The number of rotatable bonds is 5. The first-order chi connectivity index (χ1) is 15.1. The van der Waals surface area contributed by atoms with Gasteiger partial charge < -0.3 is 15.6 Å². The minimum atomic E-state index is -0.266. The molecule has 2 heterocycles. The number of benzene rings is 2. The lowest BCUT2D eigenvalue weighted by molar-refractivity contribution is 0.0950. The molecular weight excluding hydrogens is 388 g/mol. The van der Waals surface area contributed by atoms with Gasteiger partial charge in [0.1, 0.15) is 5.65 Å². The van der Waals surface area contributed by atoms with E-state index in [1.54, 1.807) is 30.6 Å². The number of aromatic amines is 1. The fourth-order valence-corrected chi connectivity index (χ4v) is 3.89. The number of carbonyl (C=O) groups excluding carboxylic acids is 2. The van der Waals surface area contributed by atoms with E-state index in [-0.39, 0.29) is 17.9 Å². The van der Waals surface area contributed by atoms with Crippen LogP contribution < -0.4 is 10.6 Å². The van der Waals surface area contributed by atoms with Crippen molar-refractivity contribution in [2.45, 2.75) is 25.3 Å². The first-order valence-corrected chi connectivity index (χ1v) is 10.3. The number of hydrogen-bond acceptors (Lipinski definition) is 3. The smallest absolute Gasteiger partial charge is 0.255 e. The Bertz CT molecular complexity index is 1280. The number of pyridine rings is 1. The monoisotopic (exact) mass is 410 g/mol. The van der Waals surface area contributed by atoms with Crippen LogP contribution in [0.3, 0.4) is 0 Å². The zero-order valence-electron chi connectivity index (χ0n) is 17.1. The van der Waals surface area contributed by atoms with E-state index >= 15 is 0 Å². The van der Waals surface area contributed by atoms with E-state index in [1.165, 1.54) is 5.56 Å². The molecule has 0 radical (unpaired) electrons. The van der Waals surface area contributed by atoms with E-state index in [2.05, 4.69) is 32.7 Å². The van der Waals surface area contributed by atoms with E-state index in [1.807, 2.05) is 37.3 Å². The minimum Gasteiger partial charge on any atom is -0.349 e. The van der Waals surface area contributed by atoms with E-state index in [9.17, 15) is 9.59 Å². The normalized spacial score (nSPS) is 17.3. The van der Waals surface area contributed by atoms with Gasteiger partial charge in [-0.1, -0.05) is 36.4 Å². The lowest BCUT2D eigenvalue weighted by Gasteiger charge is -2.10. The molecule has 1 aliphatic carbocycles. The fraction of sp³-hybridized carbons (Fsp3) is 0.160. The van der Waals surface area contributed by atoms with Crippen LogP contribution in [0, 0.1) is 6.92 Å². The lowest BCUT2D eigenvalue weighted by atomic mass is 10.0. The fourth-order valence-electron chi connectivity index (χ4n) is 3.89. The molecule has 1 fully saturated rings. The standard InChI is InChI=1S/C25H22N4O2/c1-15-7-8-18(24(30)29-22-13-21(22)16-5-3-2-4-6-16)12-20(15)25(31)28-19-11-17-9-10-26-23(17)27-14-19/h2-12,14,21-22H,13H2,1H3,(H,26,27)(H,28,31)(H,29,30). The molecule has 1 aliphatic rings. The number of fused-ring (bicyclic) bond motifs is 1. The summed E-state index contributed by atoms with van der Waals surface area (Å²) in [6.07, 6.45) is 4.35. The molecule has 6 heteroatoms. The van der Waals surface area contributed by atoms with Crippen molar-refractivity contribution in [3.63, 3.8) is 0 Å². The largest absolute Gasteiger partial charge is 0.349 e. The molecule has 5 rings (SSSR count). The molecule has 2 atom stereocenters. The van der Waals surface area contributed by atoms with Crippen LogP contribution in [0.15, 0.2) is 73.1 Å². The van der Waals surface area contributed by atoms with Gasteiger partial charge in [0.15, 0.2) is 0 Å². The van der Waals surface area contributed by atoms with E-state index in [0.717, 1.165) is 23.0 Å². The molecule has 2 unspecified atom stereocenters. The van der Waals surface area contributed by atoms with Crippen molar-refractivity contribution >= 4 is 28.5 Å². The highest BCUT2D eigenvalue weighted by atomic mass is 16.2. The molecule has 2 aromatic heterocycles. The van der Waals surface area contributed by atoms with Crippen molar-refractivity contribution in [1.29, 1.82) is 0 Å². The molecule has 4 aromatic rings. The van der Waals surface area contributed by atoms with Gasteiger partial charge in [0.05, 0.1) is 11.9 Å². The number of anilines is 1. The molecule has 154 valence electrons. The Labute approximate surface area is 179 Å². The molecular formula is C25H22N4O2. The molecule has 0 spiro atoms. The summed E-state index contributed by atoms with van der Waals surface area (Å²) in [5, 5.41) is 6.89. The molecule has 2 aromatic carbocycles. The lowest BCUT2D eigenvalue weighted by Crippen LogP contribution is -2.27. The topological polar surface area (TPSA) is 86.9 Å². The van der Waals surface area contributed by atoms with Gasteiger partial charge in [-0.05, 0) is 48.7 Å². The zero-order chi connectivity index (χ0) is 21.4. The summed E-state index contributed by atoms with van der Waals surface area (Å²) in [7, 11) is 0. The SMILES string of the molecule is Cc1ccc(C(=O)NC2CC2c2ccccc2)cc1C(=O)Nc1cnc2[nH]ccc2c1. The summed E-state index contributed by atoms with van der Waals surface area (Å²) in [6.45, 7) is 1.86. The number of carbonyl (C=O) groups is 2. The Morgan fingerprint density at radius 3 is 2.71 bits per heavy atom. The summed E-state index contributed by atoms with van der Waals surface area (Å²) in [6, 6.07) is 19.3. The number of H-pyrrole nitrogens is 1. The van der Waals surface area contributed by atoms with E-state index in [4.69, 9.17) is 0 Å². The first-order valence-electron chi connectivity index (χ1n) is 10.3. The molecule has 0 aliphatic heterocycles. The Balaban J connectivity index is 1.29. The van der Waals surface area contributed by atoms with Crippen molar-refractivity contribution in [2.24, 2.45) is 0 Å². The van der Waals surface area contributed by atoms with Crippen LogP contribution in [0.2, 0.25) is 0 Å². The van der Waals surface area contributed by atoms with Crippen LogP contribution in [0.25, 0.3) is 11.0 Å². The van der Waals surface area contributed by atoms with Gasteiger partial charge >= 0.3 is 0 Å². The van der Waals surface area contributed by atoms with Crippen molar-refractivity contribution in [3.8, 4) is 0 Å². The average Bonchev–Trinajstić information content (AvgIpc) is 3.39. The van der Waals surface area contributed by atoms with Gasteiger partial charge in [-0.2, -0.15) is 0 Å². The maximum absolute atomic E-state index is 12.9. The highest BCUT2D eigenvalue weighted by Gasteiger charge is 2.39. The van der Waals surface area contributed by atoms with Gasteiger partial charge in [-0.3, -0.25) is 9.59 Å². The summed E-state index contributed by atoms with van der Waals surface area (Å²) in [4.78, 5) is 33.0. The quantitative estimate of drug-likeness (QED) is 0.455. The van der Waals surface area contributed by atoms with Crippen LogP contribution in [-0.4, -0.2) is 27.8 Å². The van der Waals surface area contributed by atoms with Crippen LogP contribution in [0.1, 0.15) is 44.2 Å². The Hall–Kier alpha value is -3.93. The van der Waals surface area contributed by atoms with Crippen molar-refractivity contribution in [2.75, 3.05) is 5.32 Å². The van der Waals surface area contributed by atoms with Crippen molar-refractivity contribution < 1.29 is 9.59 Å². The third-order valence-corrected chi connectivity index (χ3v) is 5.74. The Morgan fingerprint density at radius 1 is 1.03 bits per heavy atom. The van der Waals surface area contributed by atoms with Gasteiger partial charge in [-0.15, -0.1) is 0 Å². The summed E-state index contributed by atoms with van der Waals surface area (Å²) in [5.74, 6) is -0.0699. The predicted molar refractivity (Wildman–Crippen MR) is 120 cm³/mol.